The third kappa shape index (κ3) is 3.35. The van der Waals surface area contributed by atoms with E-state index in [9.17, 15) is 8.42 Å². The van der Waals surface area contributed by atoms with Crippen LogP contribution in [0.4, 0.5) is 0 Å². The lowest BCUT2D eigenvalue weighted by Crippen LogP contribution is -2.40. The lowest BCUT2D eigenvalue weighted by atomic mass is 10.2. The molecule has 0 radical (unpaired) electrons. The molecule has 8 heteroatoms. The lowest BCUT2D eigenvalue weighted by Gasteiger charge is -2.26. The molecule has 2 aliphatic heterocycles. The summed E-state index contributed by atoms with van der Waals surface area (Å²) in [5, 5.41) is 0. The number of fused-ring (bicyclic) bond motifs is 2. The third-order valence-electron chi connectivity index (χ3n) is 3.89. The van der Waals surface area contributed by atoms with Crippen LogP contribution in [0.15, 0.2) is 47.4 Å². The number of rotatable bonds is 4. The summed E-state index contributed by atoms with van der Waals surface area (Å²) in [5.74, 6) is 2.25. The SMILES string of the molecule is O=S(=O)(NC[C@@H]1COc2ccccc2O1)c1ccc2c(c1)OCCO2. The van der Waals surface area contributed by atoms with Crippen molar-refractivity contribution in [3.63, 3.8) is 0 Å². The van der Waals surface area contributed by atoms with Crippen LogP contribution in [0.25, 0.3) is 0 Å². The van der Waals surface area contributed by atoms with E-state index in [4.69, 9.17) is 18.9 Å². The summed E-state index contributed by atoms with van der Waals surface area (Å²) >= 11 is 0. The van der Waals surface area contributed by atoms with Gasteiger partial charge in [0, 0.05) is 6.07 Å². The van der Waals surface area contributed by atoms with Crippen LogP contribution in [-0.4, -0.2) is 40.9 Å². The molecule has 2 aromatic rings. The predicted octanol–water partition coefficient (Wildman–Crippen LogP) is 1.58. The average molecular weight is 363 g/mol. The van der Waals surface area contributed by atoms with Crippen LogP contribution in [0.1, 0.15) is 0 Å². The van der Waals surface area contributed by atoms with Crippen molar-refractivity contribution in [2.24, 2.45) is 0 Å². The molecule has 0 aliphatic carbocycles. The summed E-state index contributed by atoms with van der Waals surface area (Å²) in [5.41, 5.74) is 0. The first-order chi connectivity index (χ1) is 12.1. The molecule has 1 N–H and O–H groups in total. The Hall–Kier alpha value is -2.45. The summed E-state index contributed by atoms with van der Waals surface area (Å²) < 4.78 is 49.7. The molecule has 0 bridgehead atoms. The molecular weight excluding hydrogens is 346 g/mol. The van der Waals surface area contributed by atoms with Gasteiger partial charge in [-0.3, -0.25) is 0 Å². The molecule has 2 aliphatic rings. The first kappa shape index (κ1) is 16.0. The highest BCUT2D eigenvalue weighted by Gasteiger charge is 2.24. The van der Waals surface area contributed by atoms with Crippen molar-refractivity contribution < 1.29 is 27.4 Å². The number of hydrogen-bond acceptors (Lipinski definition) is 6. The maximum absolute atomic E-state index is 12.5. The molecule has 132 valence electrons. The Kier molecular flexibility index (Phi) is 4.14. The van der Waals surface area contributed by atoms with Gasteiger partial charge in [-0.25, -0.2) is 13.1 Å². The number of sulfonamides is 1. The molecule has 25 heavy (non-hydrogen) atoms. The highest BCUT2D eigenvalue weighted by Crippen LogP contribution is 2.33. The van der Waals surface area contributed by atoms with Crippen LogP contribution in [0.2, 0.25) is 0 Å². The molecular formula is C17H17NO6S. The van der Waals surface area contributed by atoms with Gasteiger partial charge in [0.1, 0.15) is 25.9 Å². The third-order valence-corrected chi connectivity index (χ3v) is 5.31. The molecule has 0 saturated carbocycles. The van der Waals surface area contributed by atoms with E-state index < -0.39 is 16.1 Å². The fourth-order valence-electron chi connectivity index (χ4n) is 2.64. The molecule has 0 aromatic heterocycles. The van der Waals surface area contributed by atoms with Crippen LogP contribution in [0.3, 0.4) is 0 Å². The first-order valence-electron chi connectivity index (χ1n) is 7.90. The van der Waals surface area contributed by atoms with Crippen molar-refractivity contribution in [2.45, 2.75) is 11.0 Å². The van der Waals surface area contributed by atoms with E-state index in [1.807, 2.05) is 18.2 Å². The number of benzene rings is 2. The van der Waals surface area contributed by atoms with E-state index in [0.29, 0.717) is 36.2 Å². The Morgan fingerprint density at radius 3 is 2.48 bits per heavy atom. The van der Waals surface area contributed by atoms with Gasteiger partial charge in [0.05, 0.1) is 11.4 Å². The molecule has 7 nitrogen and oxygen atoms in total. The van der Waals surface area contributed by atoms with Crippen molar-refractivity contribution in [3.05, 3.63) is 42.5 Å². The van der Waals surface area contributed by atoms with Crippen LogP contribution in [0, 0.1) is 0 Å². The van der Waals surface area contributed by atoms with E-state index >= 15 is 0 Å². The summed E-state index contributed by atoms with van der Waals surface area (Å²) in [6, 6.07) is 11.8. The van der Waals surface area contributed by atoms with E-state index in [1.165, 1.54) is 12.1 Å². The molecule has 4 rings (SSSR count). The largest absolute Gasteiger partial charge is 0.486 e. The zero-order valence-electron chi connectivity index (χ0n) is 13.3. The smallest absolute Gasteiger partial charge is 0.240 e. The number of nitrogens with one attached hydrogen (secondary N) is 1. The maximum Gasteiger partial charge on any atom is 0.240 e. The van der Waals surface area contributed by atoms with Gasteiger partial charge in [0.2, 0.25) is 10.0 Å². The zero-order chi connectivity index (χ0) is 17.3. The van der Waals surface area contributed by atoms with Gasteiger partial charge < -0.3 is 18.9 Å². The van der Waals surface area contributed by atoms with Gasteiger partial charge in [-0.05, 0) is 24.3 Å². The average Bonchev–Trinajstić information content (AvgIpc) is 2.66. The normalized spacial score (nSPS) is 18.6. The van der Waals surface area contributed by atoms with E-state index in [-0.39, 0.29) is 18.0 Å². The summed E-state index contributed by atoms with van der Waals surface area (Å²) in [6.45, 7) is 1.24. The van der Waals surface area contributed by atoms with Crippen LogP contribution >= 0.6 is 0 Å². The molecule has 0 spiro atoms. The Bertz CT molecular complexity index is 882. The Morgan fingerprint density at radius 2 is 1.64 bits per heavy atom. The van der Waals surface area contributed by atoms with Crippen LogP contribution < -0.4 is 23.7 Å². The van der Waals surface area contributed by atoms with Gasteiger partial charge in [0.15, 0.2) is 23.0 Å². The molecule has 2 aromatic carbocycles. The molecule has 0 amide bonds. The molecule has 0 unspecified atom stereocenters. The molecule has 0 saturated heterocycles. The summed E-state index contributed by atoms with van der Waals surface area (Å²) in [4.78, 5) is 0.119. The fourth-order valence-corrected chi connectivity index (χ4v) is 3.72. The monoisotopic (exact) mass is 363 g/mol. The molecule has 2 heterocycles. The Labute approximate surface area is 145 Å². The molecule has 0 fully saturated rings. The van der Waals surface area contributed by atoms with E-state index in [1.54, 1.807) is 12.1 Å². The highest BCUT2D eigenvalue weighted by molar-refractivity contribution is 7.89. The minimum atomic E-state index is -3.69. The Balaban J connectivity index is 1.44. The topological polar surface area (TPSA) is 83.1 Å². The van der Waals surface area contributed by atoms with Crippen molar-refractivity contribution >= 4 is 10.0 Å². The van der Waals surface area contributed by atoms with Crippen LogP contribution in [0.5, 0.6) is 23.0 Å². The van der Waals surface area contributed by atoms with Gasteiger partial charge in [-0.2, -0.15) is 0 Å². The van der Waals surface area contributed by atoms with Crippen molar-refractivity contribution in [3.8, 4) is 23.0 Å². The molecule has 1 atom stereocenters. The van der Waals surface area contributed by atoms with Crippen molar-refractivity contribution in [2.75, 3.05) is 26.4 Å². The van der Waals surface area contributed by atoms with Gasteiger partial charge in [-0.1, -0.05) is 12.1 Å². The maximum atomic E-state index is 12.5. The lowest BCUT2D eigenvalue weighted by molar-refractivity contribution is 0.0943. The highest BCUT2D eigenvalue weighted by atomic mass is 32.2. The number of ether oxygens (including phenoxy) is 4. The first-order valence-corrected chi connectivity index (χ1v) is 9.38. The van der Waals surface area contributed by atoms with Gasteiger partial charge in [0.25, 0.3) is 0 Å². The summed E-state index contributed by atoms with van der Waals surface area (Å²) in [6.07, 6.45) is -0.401. The van der Waals surface area contributed by atoms with Crippen LogP contribution in [-0.2, 0) is 10.0 Å². The number of hydrogen-bond donors (Lipinski definition) is 1. The number of para-hydroxylation sites is 2. The second-order valence-electron chi connectivity index (χ2n) is 5.65. The van der Waals surface area contributed by atoms with Gasteiger partial charge >= 0.3 is 0 Å². The minimum absolute atomic E-state index is 0.102. The van der Waals surface area contributed by atoms with Crippen molar-refractivity contribution in [1.82, 2.24) is 4.72 Å². The Morgan fingerprint density at radius 1 is 0.920 bits per heavy atom. The van der Waals surface area contributed by atoms with Gasteiger partial charge in [-0.15, -0.1) is 0 Å². The predicted molar refractivity (Wildman–Crippen MR) is 89.0 cm³/mol. The zero-order valence-corrected chi connectivity index (χ0v) is 14.1. The van der Waals surface area contributed by atoms with E-state index in [0.717, 1.165) is 0 Å². The van der Waals surface area contributed by atoms with Crippen molar-refractivity contribution in [1.29, 1.82) is 0 Å². The standard InChI is InChI=1S/C17H17NO6S/c19-25(20,13-5-6-15-17(9-13)22-8-7-21-15)18-10-12-11-23-14-3-1-2-4-16(14)24-12/h1-6,9,12,18H,7-8,10-11H2/t12-/m1/s1. The second-order valence-corrected chi connectivity index (χ2v) is 7.42. The quantitative estimate of drug-likeness (QED) is 0.888. The minimum Gasteiger partial charge on any atom is -0.486 e. The summed E-state index contributed by atoms with van der Waals surface area (Å²) in [7, 11) is -3.69. The van der Waals surface area contributed by atoms with E-state index in [2.05, 4.69) is 4.72 Å². The fraction of sp³-hybridized carbons (Fsp3) is 0.294. The second kappa shape index (κ2) is 6.45.